The number of aromatic nitrogens is 5. The summed E-state index contributed by atoms with van der Waals surface area (Å²) in [7, 11) is 0. The van der Waals surface area contributed by atoms with Crippen LogP contribution in [-0.4, -0.2) is 35.9 Å². The van der Waals surface area contributed by atoms with E-state index in [-0.39, 0.29) is 41.8 Å². The molecule has 0 aliphatic carbocycles. The number of hydrogen-bond donors (Lipinski definition) is 3. The lowest BCUT2D eigenvalue weighted by atomic mass is 10.1. The van der Waals surface area contributed by atoms with Crippen molar-refractivity contribution in [2.75, 3.05) is 16.4 Å². The molecular weight excluding hydrogens is 506 g/mol. The van der Waals surface area contributed by atoms with Crippen molar-refractivity contribution in [3.8, 4) is 5.95 Å². The van der Waals surface area contributed by atoms with E-state index in [0.717, 1.165) is 27.8 Å². The fourth-order valence-electron chi connectivity index (χ4n) is 4.56. The highest BCUT2D eigenvalue weighted by Crippen LogP contribution is 2.31. The Kier molecular flexibility index (Phi) is 6.52. The summed E-state index contributed by atoms with van der Waals surface area (Å²) in [6.07, 6.45) is -0.198. The molecule has 0 bridgehead atoms. The number of benzene rings is 2. The number of hydrogen-bond acceptors (Lipinski definition) is 7. The van der Waals surface area contributed by atoms with Gasteiger partial charge in [-0.3, -0.25) is 4.90 Å². The molecule has 0 fully saturated rings. The molecule has 12 heteroatoms. The Morgan fingerprint density at radius 3 is 2.33 bits per heavy atom. The predicted molar refractivity (Wildman–Crippen MR) is 143 cm³/mol. The van der Waals surface area contributed by atoms with Crippen molar-refractivity contribution in [2.24, 2.45) is 0 Å². The Morgan fingerprint density at radius 2 is 1.69 bits per heavy atom. The number of nitrogen functional groups attached to an aromatic ring is 2. The van der Waals surface area contributed by atoms with E-state index in [1.54, 1.807) is 18.2 Å². The molecule has 3 heterocycles. The van der Waals surface area contributed by atoms with E-state index in [9.17, 15) is 18.7 Å². The number of halogens is 2. The van der Waals surface area contributed by atoms with Gasteiger partial charge in [-0.1, -0.05) is 47.5 Å². The summed E-state index contributed by atoms with van der Waals surface area (Å²) in [5, 5.41) is 14.4. The highest BCUT2D eigenvalue weighted by atomic mass is 19.1. The highest BCUT2D eigenvalue weighted by molar-refractivity contribution is 5.94. The van der Waals surface area contributed by atoms with E-state index >= 15 is 0 Å². The van der Waals surface area contributed by atoms with Gasteiger partial charge in [-0.2, -0.15) is 19.7 Å². The number of carbonyl (C=O) groups is 1. The summed E-state index contributed by atoms with van der Waals surface area (Å²) in [5.41, 5.74) is 16.3. The van der Waals surface area contributed by atoms with Crippen molar-refractivity contribution in [2.45, 2.75) is 26.8 Å². The summed E-state index contributed by atoms with van der Waals surface area (Å²) in [6, 6.07) is 13.1. The summed E-state index contributed by atoms with van der Waals surface area (Å²) in [5.74, 6) is -1.61. The van der Waals surface area contributed by atoms with E-state index in [2.05, 4.69) is 20.1 Å². The first-order valence-electron chi connectivity index (χ1n) is 11.9. The van der Waals surface area contributed by atoms with Crippen LogP contribution in [0.4, 0.5) is 30.9 Å². The van der Waals surface area contributed by atoms with E-state index < -0.39 is 17.7 Å². The Morgan fingerprint density at radius 1 is 1.03 bits per heavy atom. The predicted octanol–water partition coefficient (Wildman–Crippen LogP) is 4.55. The van der Waals surface area contributed by atoms with Crippen LogP contribution >= 0.6 is 0 Å². The largest absolute Gasteiger partial charge is 0.465 e. The molecular formula is C27H24F2N8O2. The van der Waals surface area contributed by atoms with Crippen molar-refractivity contribution >= 4 is 34.4 Å². The van der Waals surface area contributed by atoms with Gasteiger partial charge in [-0.15, -0.1) is 0 Å². The maximum absolute atomic E-state index is 14.3. The number of pyridine rings is 1. The normalized spacial score (nSPS) is 11.2. The molecule has 39 heavy (non-hydrogen) atoms. The van der Waals surface area contributed by atoms with Crippen LogP contribution < -0.4 is 16.4 Å². The number of aryl methyl sites for hydroxylation is 2. The van der Waals surface area contributed by atoms with Gasteiger partial charge in [0.15, 0.2) is 11.6 Å². The van der Waals surface area contributed by atoms with Gasteiger partial charge in [0.2, 0.25) is 0 Å². The molecule has 0 aliphatic heterocycles. The molecule has 2 aromatic carbocycles. The standard InChI is InChI=1S/C27H24F2N8O2/c1-14-7-15(2)9-16(8-14)13-36(27(38)39)23-24(30)33-26(34-25(23)31)37-21-11-18(28)12-32-22(21)20(35-37)10-17-5-3-4-6-19(17)29/h3-9,11-12H,10,13H2,1-2H3,(H,38,39)(H4,30,31,33,34). The minimum atomic E-state index is -1.30. The Hall–Kier alpha value is -5.13. The minimum absolute atomic E-state index is 0.0401. The number of anilines is 3. The van der Waals surface area contributed by atoms with Crippen molar-refractivity contribution in [3.05, 3.63) is 94.3 Å². The first kappa shape index (κ1) is 25.5. The molecule has 0 unspecified atom stereocenters. The van der Waals surface area contributed by atoms with E-state index in [4.69, 9.17) is 11.5 Å². The van der Waals surface area contributed by atoms with Crippen LogP contribution in [0.2, 0.25) is 0 Å². The quantitative estimate of drug-likeness (QED) is 0.290. The molecule has 1 amide bonds. The number of rotatable bonds is 6. The smallest absolute Gasteiger partial charge is 0.412 e. The first-order chi connectivity index (χ1) is 18.6. The van der Waals surface area contributed by atoms with Crippen LogP contribution in [0.3, 0.4) is 0 Å². The molecule has 0 aliphatic rings. The van der Waals surface area contributed by atoms with E-state index in [1.807, 2.05) is 32.0 Å². The van der Waals surface area contributed by atoms with Crippen LogP contribution in [0.25, 0.3) is 17.0 Å². The average molecular weight is 531 g/mol. The molecule has 198 valence electrons. The van der Waals surface area contributed by atoms with Crippen molar-refractivity contribution in [1.29, 1.82) is 0 Å². The first-order valence-corrected chi connectivity index (χ1v) is 11.9. The third kappa shape index (κ3) is 5.04. The van der Waals surface area contributed by atoms with Crippen LogP contribution in [0, 0.1) is 25.5 Å². The molecule has 5 aromatic rings. The number of fused-ring (bicyclic) bond motifs is 1. The maximum Gasteiger partial charge on any atom is 0.412 e. The second kappa shape index (κ2) is 9.97. The number of carboxylic acid groups (broad SMARTS) is 1. The van der Waals surface area contributed by atoms with Gasteiger partial charge in [-0.05, 0) is 31.0 Å². The van der Waals surface area contributed by atoms with Gasteiger partial charge >= 0.3 is 6.09 Å². The van der Waals surface area contributed by atoms with Gasteiger partial charge in [0.05, 0.1) is 24.0 Å². The zero-order valence-corrected chi connectivity index (χ0v) is 21.1. The third-order valence-corrected chi connectivity index (χ3v) is 6.11. The number of nitrogens with two attached hydrogens (primary N) is 2. The Bertz CT molecular complexity index is 1690. The van der Waals surface area contributed by atoms with Gasteiger partial charge in [0.25, 0.3) is 5.95 Å². The summed E-state index contributed by atoms with van der Waals surface area (Å²) < 4.78 is 29.7. The number of nitrogens with zero attached hydrogens (tertiary/aromatic N) is 6. The van der Waals surface area contributed by atoms with Crippen molar-refractivity contribution < 1.29 is 18.7 Å². The monoisotopic (exact) mass is 530 g/mol. The lowest BCUT2D eigenvalue weighted by Gasteiger charge is -2.22. The van der Waals surface area contributed by atoms with Gasteiger partial charge in [-0.25, -0.2) is 18.6 Å². The molecule has 0 radical (unpaired) electrons. The van der Waals surface area contributed by atoms with Crippen LogP contribution in [0.1, 0.15) is 27.9 Å². The fourth-order valence-corrected chi connectivity index (χ4v) is 4.56. The Balaban J connectivity index is 1.58. The number of amides is 1. The zero-order valence-electron chi connectivity index (χ0n) is 21.1. The molecule has 5 N–H and O–H groups in total. The lowest BCUT2D eigenvalue weighted by molar-refractivity contribution is 0.201. The molecule has 0 saturated carbocycles. The highest BCUT2D eigenvalue weighted by Gasteiger charge is 2.25. The lowest BCUT2D eigenvalue weighted by Crippen LogP contribution is -2.31. The molecule has 5 rings (SSSR count). The molecule has 3 aromatic heterocycles. The van der Waals surface area contributed by atoms with Gasteiger partial charge in [0.1, 0.15) is 22.8 Å². The third-order valence-electron chi connectivity index (χ3n) is 6.11. The zero-order chi connectivity index (χ0) is 27.8. The average Bonchev–Trinajstić information content (AvgIpc) is 3.21. The topological polar surface area (TPSA) is 149 Å². The SMILES string of the molecule is Cc1cc(C)cc(CN(C(=O)O)c2c(N)nc(-n3nc(Cc4ccccc4F)c4ncc(F)cc43)nc2N)c1. The van der Waals surface area contributed by atoms with Crippen molar-refractivity contribution in [1.82, 2.24) is 24.7 Å². The summed E-state index contributed by atoms with van der Waals surface area (Å²) in [6.45, 7) is 3.78. The van der Waals surface area contributed by atoms with Gasteiger partial charge in [0, 0.05) is 12.5 Å². The van der Waals surface area contributed by atoms with Crippen LogP contribution in [0.5, 0.6) is 0 Å². The van der Waals surface area contributed by atoms with E-state index in [1.165, 1.54) is 16.8 Å². The fraction of sp³-hybridized carbons (Fsp3) is 0.148. The maximum atomic E-state index is 14.3. The van der Waals surface area contributed by atoms with Crippen molar-refractivity contribution in [3.63, 3.8) is 0 Å². The molecule has 10 nitrogen and oxygen atoms in total. The summed E-state index contributed by atoms with van der Waals surface area (Å²) in [4.78, 5) is 25.8. The van der Waals surface area contributed by atoms with Crippen LogP contribution in [0.15, 0.2) is 54.7 Å². The van der Waals surface area contributed by atoms with E-state index in [0.29, 0.717) is 16.8 Å². The van der Waals surface area contributed by atoms with Gasteiger partial charge < -0.3 is 16.6 Å². The second-order valence-corrected chi connectivity index (χ2v) is 9.16. The minimum Gasteiger partial charge on any atom is -0.465 e. The molecule has 0 atom stereocenters. The Labute approximate surface area is 221 Å². The van der Waals surface area contributed by atoms with Crippen LogP contribution in [-0.2, 0) is 13.0 Å². The molecule has 0 saturated heterocycles. The summed E-state index contributed by atoms with van der Waals surface area (Å²) >= 11 is 0. The second-order valence-electron chi connectivity index (χ2n) is 9.16. The molecule has 0 spiro atoms.